The highest BCUT2D eigenvalue weighted by Gasteiger charge is 2.15. The fraction of sp³-hybridized carbons (Fsp3) is 0.0667. The highest BCUT2D eigenvalue weighted by atomic mass is 35.5. The molecule has 3 aromatic rings. The van der Waals surface area contributed by atoms with Crippen molar-refractivity contribution in [1.82, 2.24) is 9.55 Å². The number of halogens is 4. The van der Waals surface area contributed by atoms with Crippen LogP contribution in [0, 0.1) is 24.4 Å². The van der Waals surface area contributed by atoms with Crippen molar-refractivity contribution >= 4 is 22.6 Å². The summed E-state index contributed by atoms with van der Waals surface area (Å²) < 4.78 is 41.9. The molecule has 2 aromatic heterocycles. The Bertz CT molecular complexity index is 969. The highest BCUT2D eigenvalue weighted by Crippen LogP contribution is 2.22. The number of benzene rings is 1. The molecule has 1 aromatic carbocycles. The average Bonchev–Trinajstić information content (AvgIpc) is 2.46. The summed E-state index contributed by atoms with van der Waals surface area (Å²) in [6.07, 6.45) is 1.35. The first-order chi connectivity index (χ1) is 10.4. The van der Waals surface area contributed by atoms with E-state index < -0.39 is 28.0 Å². The van der Waals surface area contributed by atoms with Crippen LogP contribution >= 0.6 is 11.6 Å². The van der Waals surface area contributed by atoms with Crippen LogP contribution in [0.4, 0.5) is 13.2 Å². The van der Waals surface area contributed by atoms with Gasteiger partial charge in [-0.2, -0.15) is 0 Å². The number of fused-ring (bicyclic) bond motifs is 1. The molecular formula is C15H8ClF3N2O. The number of aryl methyl sites for hydroxylation is 1. The van der Waals surface area contributed by atoms with Gasteiger partial charge in [0.25, 0.3) is 0 Å². The fourth-order valence-electron chi connectivity index (χ4n) is 2.19. The highest BCUT2D eigenvalue weighted by molar-refractivity contribution is 6.29. The minimum absolute atomic E-state index is 0.00694. The Morgan fingerprint density at radius 2 is 1.86 bits per heavy atom. The number of hydrogen-bond acceptors (Lipinski definition) is 2. The largest absolute Gasteiger partial charge is 0.298 e. The van der Waals surface area contributed by atoms with Gasteiger partial charge in [0.2, 0.25) is 0 Å². The Morgan fingerprint density at radius 1 is 1.14 bits per heavy atom. The molecule has 0 aliphatic carbocycles. The van der Waals surface area contributed by atoms with Gasteiger partial charge in [-0.25, -0.2) is 18.2 Å². The molecule has 0 radical (unpaired) electrons. The Labute approximate surface area is 127 Å². The molecule has 0 saturated carbocycles. The molecular weight excluding hydrogens is 317 g/mol. The first kappa shape index (κ1) is 14.6. The van der Waals surface area contributed by atoms with Crippen LogP contribution in [0.15, 0.2) is 35.3 Å². The molecule has 0 fully saturated rings. The van der Waals surface area contributed by atoms with Crippen molar-refractivity contribution in [3.63, 3.8) is 0 Å². The number of aromatic nitrogens is 2. The summed E-state index contributed by atoms with van der Waals surface area (Å²) in [5.74, 6) is -2.42. The smallest absolute Gasteiger partial charge is 0.194 e. The summed E-state index contributed by atoms with van der Waals surface area (Å²) in [5, 5.41) is -0.474. The van der Waals surface area contributed by atoms with Gasteiger partial charge in [-0.3, -0.25) is 9.36 Å². The van der Waals surface area contributed by atoms with Crippen molar-refractivity contribution < 1.29 is 13.2 Å². The quantitative estimate of drug-likeness (QED) is 0.639. The molecule has 7 heteroatoms. The van der Waals surface area contributed by atoms with Crippen LogP contribution in [0.25, 0.3) is 16.7 Å². The van der Waals surface area contributed by atoms with Crippen LogP contribution in [0.5, 0.6) is 0 Å². The second-order valence-electron chi connectivity index (χ2n) is 4.74. The van der Waals surface area contributed by atoms with Gasteiger partial charge in [-0.15, -0.1) is 0 Å². The zero-order valence-corrected chi connectivity index (χ0v) is 12.0. The molecule has 22 heavy (non-hydrogen) atoms. The maximum absolute atomic E-state index is 14.0. The molecule has 0 N–H and O–H groups in total. The van der Waals surface area contributed by atoms with Gasteiger partial charge in [0.05, 0.1) is 11.1 Å². The Balaban J connectivity index is 2.46. The lowest BCUT2D eigenvalue weighted by Crippen LogP contribution is -2.14. The summed E-state index contributed by atoms with van der Waals surface area (Å²) in [7, 11) is 0. The van der Waals surface area contributed by atoms with Gasteiger partial charge in [0, 0.05) is 17.8 Å². The minimum atomic E-state index is -0.844. The van der Waals surface area contributed by atoms with Crippen LogP contribution < -0.4 is 5.43 Å². The topological polar surface area (TPSA) is 34.9 Å². The number of rotatable bonds is 1. The first-order valence-corrected chi connectivity index (χ1v) is 6.59. The SMILES string of the molecule is Cc1cn(-c2ccc(F)cc2F)c2nc(Cl)c(F)cc2c1=O. The second-order valence-corrected chi connectivity index (χ2v) is 5.10. The Morgan fingerprint density at radius 3 is 2.55 bits per heavy atom. The number of nitrogens with zero attached hydrogens (tertiary/aromatic N) is 2. The van der Waals surface area contributed by atoms with Crippen molar-refractivity contribution in [3.05, 3.63) is 68.9 Å². The normalized spacial score (nSPS) is 11.1. The van der Waals surface area contributed by atoms with E-state index in [-0.39, 0.29) is 22.3 Å². The van der Waals surface area contributed by atoms with Crippen LogP contribution in [0.2, 0.25) is 5.15 Å². The van der Waals surface area contributed by atoms with Crippen molar-refractivity contribution in [1.29, 1.82) is 0 Å². The molecule has 112 valence electrons. The van der Waals surface area contributed by atoms with Crippen molar-refractivity contribution in [2.45, 2.75) is 6.92 Å². The monoisotopic (exact) mass is 324 g/mol. The molecule has 3 nitrogen and oxygen atoms in total. The molecule has 0 bridgehead atoms. The molecule has 3 rings (SSSR count). The van der Waals surface area contributed by atoms with E-state index in [1.54, 1.807) is 0 Å². The Kier molecular flexibility index (Phi) is 3.41. The minimum Gasteiger partial charge on any atom is -0.298 e. The maximum atomic E-state index is 14.0. The lowest BCUT2D eigenvalue weighted by molar-refractivity contribution is 0.578. The van der Waals surface area contributed by atoms with Crippen LogP contribution in [-0.4, -0.2) is 9.55 Å². The van der Waals surface area contributed by atoms with Crippen molar-refractivity contribution in [2.75, 3.05) is 0 Å². The summed E-state index contributed by atoms with van der Waals surface area (Å²) in [4.78, 5) is 15.9. The predicted molar refractivity (Wildman–Crippen MR) is 77.0 cm³/mol. The van der Waals surface area contributed by atoms with E-state index in [0.29, 0.717) is 6.07 Å². The molecule has 2 heterocycles. The second kappa shape index (κ2) is 5.14. The van der Waals surface area contributed by atoms with Crippen LogP contribution in [0.3, 0.4) is 0 Å². The fourth-order valence-corrected chi connectivity index (χ4v) is 2.33. The zero-order valence-electron chi connectivity index (χ0n) is 11.2. The van der Waals surface area contributed by atoms with E-state index in [1.165, 1.54) is 23.8 Å². The average molecular weight is 325 g/mol. The molecule has 0 aliphatic heterocycles. The van der Waals surface area contributed by atoms with Crippen LogP contribution in [0.1, 0.15) is 5.56 Å². The predicted octanol–water partition coefficient (Wildman–Crippen LogP) is 3.76. The third-order valence-electron chi connectivity index (χ3n) is 3.24. The van der Waals surface area contributed by atoms with Crippen LogP contribution in [-0.2, 0) is 0 Å². The van der Waals surface area contributed by atoms with Crippen molar-refractivity contribution in [3.8, 4) is 5.69 Å². The molecule has 0 atom stereocenters. The number of pyridine rings is 2. The summed E-state index contributed by atoms with van der Waals surface area (Å²) >= 11 is 5.65. The van der Waals surface area contributed by atoms with E-state index in [1.807, 2.05) is 0 Å². The van der Waals surface area contributed by atoms with Crippen molar-refractivity contribution in [2.24, 2.45) is 0 Å². The molecule has 0 aliphatic rings. The van der Waals surface area contributed by atoms with E-state index in [0.717, 1.165) is 12.1 Å². The van der Waals surface area contributed by atoms with Gasteiger partial charge < -0.3 is 0 Å². The van der Waals surface area contributed by atoms with Gasteiger partial charge in [-0.05, 0) is 25.1 Å². The van der Waals surface area contributed by atoms with Gasteiger partial charge in [0.15, 0.2) is 16.4 Å². The lowest BCUT2D eigenvalue weighted by Gasteiger charge is -2.13. The van der Waals surface area contributed by atoms with E-state index >= 15 is 0 Å². The lowest BCUT2D eigenvalue weighted by atomic mass is 10.2. The summed E-state index contributed by atoms with van der Waals surface area (Å²) in [5.41, 5.74) is -0.200. The standard InChI is InChI=1S/C15H8ClF3N2O/c1-7-6-21(12-3-2-8(17)4-10(12)18)15-9(13(7)22)5-11(19)14(16)20-15/h2-6H,1H3. The zero-order chi connectivity index (χ0) is 16.0. The number of hydrogen-bond donors (Lipinski definition) is 0. The van der Waals surface area contributed by atoms with E-state index in [9.17, 15) is 18.0 Å². The third-order valence-corrected chi connectivity index (χ3v) is 3.50. The van der Waals surface area contributed by atoms with E-state index in [2.05, 4.69) is 4.98 Å². The molecule has 0 saturated heterocycles. The summed E-state index contributed by atoms with van der Waals surface area (Å²) in [6, 6.07) is 3.94. The van der Waals surface area contributed by atoms with Gasteiger partial charge >= 0.3 is 0 Å². The maximum Gasteiger partial charge on any atom is 0.194 e. The van der Waals surface area contributed by atoms with E-state index in [4.69, 9.17) is 11.6 Å². The Hall–Kier alpha value is -2.34. The first-order valence-electron chi connectivity index (χ1n) is 6.22. The molecule has 0 amide bonds. The van der Waals surface area contributed by atoms with Gasteiger partial charge in [-0.1, -0.05) is 11.6 Å². The van der Waals surface area contributed by atoms with Gasteiger partial charge in [0.1, 0.15) is 17.3 Å². The molecule has 0 unspecified atom stereocenters. The third kappa shape index (κ3) is 2.25. The molecule has 0 spiro atoms. The summed E-state index contributed by atoms with van der Waals surface area (Å²) in [6.45, 7) is 1.51.